The fourth-order valence-electron chi connectivity index (χ4n) is 3.04. The number of rotatable bonds is 7. The average Bonchev–Trinajstić information content (AvgIpc) is 3.02. The molecule has 6 heteroatoms. The number of aliphatic hydroxyl groups is 1. The minimum Gasteiger partial charge on any atom is -0.490 e. The molecule has 0 radical (unpaired) electrons. The number of fused-ring (bicyclic) bond motifs is 1. The molecule has 1 aromatic carbocycles. The molecule has 3 rings (SSSR count). The second-order valence-electron chi connectivity index (χ2n) is 6.49. The van der Waals surface area contributed by atoms with Gasteiger partial charge >= 0.3 is 0 Å². The van der Waals surface area contributed by atoms with Gasteiger partial charge in [-0.25, -0.2) is 4.68 Å². The lowest BCUT2D eigenvalue weighted by Crippen LogP contribution is -2.39. The molecule has 0 aliphatic carbocycles. The Morgan fingerprint density at radius 1 is 1.38 bits per heavy atom. The Morgan fingerprint density at radius 2 is 2.17 bits per heavy atom. The van der Waals surface area contributed by atoms with E-state index in [1.54, 1.807) is 0 Å². The van der Waals surface area contributed by atoms with Gasteiger partial charge in [0.25, 0.3) is 0 Å². The Bertz CT molecular complexity index is 651. The average molecular weight is 330 g/mol. The number of hydrogen-bond acceptors (Lipinski definition) is 5. The molecule has 1 aliphatic heterocycles. The van der Waals surface area contributed by atoms with Gasteiger partial charge in [-0.15, -0.1) is 0 Å². The van der Waals surface area contributed by atoms with Crippen molar-refractivity contribution >= 4 is 5.82 Å². The van der Waals surface area contributed by atoms with E-state index in [1.807, 2.05) is 49.0 Å². The summed E-state index contributed by atoms with van der Waals surface area (Å²) in [5.74, 6) is 2.41. The number of aliphatic hydroxyl groups excluding tert-OH is 1. The van der Waals surface area contributed by atoms with Crippen molar-refractivity contribution in [1.82, 2.24) is 15.1 Å². The highest BCUT2D eigenvalue weighted by atomic mass is 16.5. The van der Waals surface area contributed by atoms with Crippen LogP contribution in [0.5, 0.6) is 5.75 Å². The Hall–Kier alpha value is -2.05. The predicted molar refractivity (Wildman–Crippen MR) is 94.5 cm³/mol. The standard InChI is InChI=1S/C18H26N4O2/c1-13-4-3-5-14(2)18(13)24-12-16(23)10-19-8-15-9-20-17-6-7-21-22(17)11-15/h3-7,15-16,19-20,23H,8-12H2,1-2H3/t15-,16-/m0/s1. The van der Waals surface area contributed by atoms with Gasteiger partial charge in [0.05, 0.1) is 6.20 Å². The first-order chi connectivity index (χ1) is 11.6. The Labute approximate surface area is 142 Å². The van der Waals surface area contributed by atoms with E-state index in [4.69, 9.17) is 4.74 Å². The van der Waals surface area contributed by atoms with Crippen molar-refractivity contribution in [3.63, 3.8) is 0 Å². The van der Waals surface area contributed by atoms with Gasteiger partial charge in [-0.1, -0.05) is 18.2 Å². The van der Waals surface area contributed by atoms with Gasteiger partial charge in [-0.05, 0) is 25.0 Å². The van der Waals surface area contributed by atoms with Gasteiger partial charge in [0.15, 0.2) is 0 Å². The van der Waals surface area contributed by atoms with Crippen molar-refractivity contribution in [1.29, 1.82) is 0 Å². The van der Waals surface area contributed by atoms with Crippen molar-refractivity contribution < 1.29 is 9.84 Å². The largest absolute Gasteiger partial charge is 0.490 e. The molecule has 1 aliphatic rings. The lowest BCUT2D eigenvalue weighted by Gasteiger charge is -2.25. The topological polar surface area (TPSA) is 71.3 Å². The summed E-state index contributed by atoms with van der Waals surface area (Å²) in [5.41, 5.74) is 2.19. The molecular formula is C18H26N4O2. The predicted octanol–water partition coefficient (Wildman–Crippen LogP) is 1.57. The number of benzene rings is 1. The lowest BCUT2D eigenvalue weighted by molar-refractivity contribution is 0.104. The highest BCUT2D eigenvalue weighted by Gasteiger charge is 2.18. The maximum Gasteiger partial charge on any atom is 0.125 e. The fourth-order valence-corrected chi connectivity index (χ4v) is 3.04. The second-order valence-corrected chi connectivity index (χ2v) is 6.49. The maximum absolute atomic E-state index is 10.1. The summed E-state index contributed by atoms with van der Waals surface area (Å²) >= 11 is 0. The molecule has 0 unspecified atom stereocenters. The van der Waals surface area contributed by atoms with Crippen LogP contribution in [0, 0.1) is 19.8 Å². The number of aromatic nitrogens is 2. The molecule has 2 aromatic rings. The van der Waals surface area contributed by atoms with E-state index in [1.165, 1.54) is 0 Å². The van der Waals surface area contributed by atoms with Crippen LogP contribution in [0.15, 0.2) is 30.5 Å². The maximum atomic E-state index is 10.1. The molecule has 6 nitrogen and oxygen atoms in total. The van der Waals surface area contributed by atoms with Crippen molar-refractivity contribution in [2.24, 2.45) is 5.92 Å². The van der Waals surface area contributed by atoms with Crippen LogP contribution in [0.25, 0.3) is 0 Å². The molecule has 2 atom stereocenters. The zero-order valence-electron chi connectivity index (χ0n) is 14.3. The van der Waals surface area contributed by atoms with Crippen LogP contribution in [-0.2, 0) is 6.54 Å². The number of hydrogen-bond donors (Lipinski definition) is 3. The van der Waals surface area contributed by atoms with E-state index >= 15 is 0 Å². The summed E-state index contributed by atoms with van der Waals surface area (Å²) in [6.45, 7) is 7.52. The number of aryl methyl sites for hydroxylation is 2. The molecule has 0 spiro atoms. The van der Waals surface area contributed by atoms with E-state index in [-0.39, 0.29) is 0 Å². The van der Waals surface area contributed by atoms with Crippen LogP contribution < -0.4 is 15.4 Å². The van der Waals surface area contributed by atoms with E-state index < -0.39 is 6.10 Å². The van der Waals surface area contributed by atoms with E-state index in [2.05, 4.69) is 15.7 Å². The van der Waals surface area contributed by atoms with Crippen LogP contribution in [-0.4, -0.2) is 47.2 Å². The molecule has 2 heterocycles. The number of ether oxygens (including phenoxy) is 1. The van der Waals surface area contributed by atoms with Crippen molar-refractivity contribution in [3.8, 4) is 5.75 Å². The molecule has 0 saturated heterocycles. The summed E-state index contributed by atoms with van der Waals surface area (Å²) in [6.07, 6.45) is 1.29. The molecular weight excluding hydrogens is 304 g/mol. The van der Waals surface area contributed by atoms with Gasteiger partial charge in [0, 0.05) is 38.2 Å². The summed E-state index contributed by atoms with van der Waals surface area (Å²) in [5, 5.41) is 21.1. The van der Waals surface area contributed by atoms with Crippen molar-refractivity contribution in [2.75, 3.05) is 31.6 Å². The van der Waals surface area contributed by atoms with Crippen molar-refractivity contribution in [3.05, 3.63) is 41.6 Å². The van der Waals surface area contributed by atoms with Gasteiger partial charge in [0.2, 0.25) is 0 Å². The van der Waals surface area contributed by atoms with Crippen LogP contribution in [0.2, 0.25) is 0 Å². The molecule has 0 saturated carbocycles. The Balaban J connectivity index is 1.38. The highest BCUT2D eigenvalue weighted by molar-refractivity contribution is 5.39. The first-order valence-corrected chi connectivity index (χ1v) is 8.47. The summed E-state index contributed by atoms with van der Waals surface area (Å²) in [6, 6.07) is 8.04. The minimum absolute atomic E-state index is 0.297. The van der Waals surface area contributed by atoms with E-state index in [9.17, 15) is 5.11 Å². The summed E-state index contributed by atoms with van der Waals surface area (Å²) < 4.78 is 7.77. The van der Waals surface area contributed by atoms with Crippen LogP contribution in [0.4, 0.5) is 5.82 Å². The van der Waals surface area contributed by atoms with Gasteiger partial charge in [-0.2, -0.15) is 5.10 Å². The molecule has 24 heavy (non-hydrogen) atoms. The third-order valence-electron chi connectivity index (χ3n) is 4.36. The summed E-state index contributed by atoms with van der Waals surface area (Å²) in [7, 11) is 0. The lowest BCUT2D eigenvalue weighted by atomic mass is 10.1. The second kappa shape index (κ2) is 7.68. The number of nitrogens with one attached hydrogen (secondary N) is 2. The fraction of sp³-hybridized carbons (Fsp3) is 0.500. The zero-order chi connectivity index (χ0) is 16.9. The minimum atomic E-state index is -0.527. The van der Waals surface area contributed by atoms with E-state index in [0.29, 0.717) is 19.1 Å². The third-order valence-corrected chi connectivity index (χ3v) is 4.36. The summed E-state index contributed by atoms with van der Waals surface area (Å²) in [4.78, 5) is 0. The SMILES string of the molecule is Cc1cccc(C)c1OC[C@@H](O)CNC[C@H]1CNc2ccnn2C1. The molecule has 0 bridgehead atoms. The number of nitrogens with zero attached hydrogens (tertiary/aromatic N) is 2. The molecule has 0 amide bonds. The Morgan fingerprint density at radius 3 is 2.96 bits per heavy atom. The molecule has 0 fully saturated rings. The van der Waals surface area contributed by atoms with Gasteiger partial charge in [-0.3, -0.25) is 0 Å². The normalized spacial score (nSPS) is 17.9. The molecule has 3 N–H and O–H groups in total. The smallest absolute Gasteiger partial charge is 0.125 e. The number of para-hydroxylation sites is 1. The Kier molecular flexibility index (Phi) is 5.37. The first kappa shape index (κ1) is 16.8. The first-order valence-electron chi connectivity index (χ1n) is 8.47. The van der Waals surface area contributed by atoms with Gasteiger partial charge < -0.3 is 20.5 Å². The quantitative estimate of drug-likeness (QED) is 0.719. The monoisotopic (exact) mass is 330 g/mol. The van der Waals surface area contributed by atoms with Crippen LogP contribution in [0.3, 0.4) is 0 Å². The third kappa shape index (κ3) is 4.07. The van der Waals surface area contributed by atoms with Crippen molar-refractivity contribution in [2.45, 2.75) is 26.5 Å². The number of anilines is 1. The van der Waals surface area contributed by atoms with E-state index in [0.717, 1.165) is 42.3 Å². The van der Waals surface area contributed by atoms with Crippen LogP contribution in [0.1, 0.15) is 11.1 Å². The van der Waals surface area contributed by atoms with Crippen LogP contribution >= 0.6 is 0 Å². The zero-order valence-corrected chi connectivity index (χ0v) is 14.3. The van der Waals surface area contributed by atoms with Gasteiger partial charge in [0.1, 0.15) is 24.3 Å². The molecule has 1 aromatic heterocycles. The molecule has 130 valence electrons. The highest BCUT2D eigenvalue weighted by Crippen LogP contribution is 2.22.